The van der Waals surface area contributed by atoms with E-state index in [9.17, 15) is 9.59 Å². The molecule has 0 aliphatic heterocycles. The summed E-state index contributed by atoms with van der Waals surface area (Å²) < 4.78 is 1.39. The van der Waals surface area contributed by atoms with Crippen LogP contribution in [0.1, 0.15) is 38.5 Å². The summed E-state index contributed by atoms with van der Waals surface area (Å²) in [4.78, 5) is 29.3. The molecule has 1 aliphatic carbocycles. The lowest BCUT2D eigenvalue weighted by Gasteiger charge is -2.16. The van der Waals surface area contributed by atoms with Crippen LogP contribution in [0.5, 0.6) is 0 Å². The van der Waals surface area contributed by atoms with Crippen LogP contribution in [0.15, 0.2) is 22.6 Å². The molecule has 1 aliphatic rings. The third kappa shape index (κ3) is 3.32. The Morgan fingerprint density at radius 1 is 1.33 bits per heavy atom. The highest BCUT2D eigenvalue weighted by molar-refractivity contribution is 7.16. The van der Waals surface area contributed by atoms with Crippen molar-refractivity contribution >= 4 is 27.5 Å². The molecule has 1 saturated carbocycles. The van der Waals surface area contributed by atoms with Crippen molar-refractivity contribution in [1.82, 2.24) is 14.9 Å². The third-order valence-corrected chi connectivity index (χ3v) is 4.81. The number of carbonyl (C=O) groups excluding carboxylic acids is 1. The Kier molecular flexibility index (Phi) is 4.34. The van der Waals surface area contributed by atoms with E-state index >= 15 is 0 Å². The number of hydrogen-bond donors (Lipinski definition) is 1. The topological polar surface area (TPSA) is 64.0 Å². The molecule has 2 heterocycles. The number of nitrogens with one attached hydrogen (secondary N) is 1. The van der Waals surface area contributed by atoms with Crippen LogP contribution in [-0.4, -0.2) is 21.5 Å². The fraction of sp³-hybridized carbons (Fsp3) is 0.533. The van der Waals surface area contributed by atoms with Crippen LogP contribution in [-0.2, 0) is 11.3 Å². The molecule has 2 aromatic heterocycles. The number of amides is 1. The summed E-state index contributed by atoms with van der Waals surface area (Å²) in [5.41, 5.74) is -0.141. The first-order valence-corrected chi connectivity index (χ1v) is 8.34. The van der Waals surface area contributed by atoms with Crippen molar-refractivity contribution in [2.45, 2.75) is 51.1 Å². The zero-order valence-electron chi connectivity index (χ0n) is 11.9. The minimum Gasteiger partial charge on any atom is -0.352 e. The third-order valence-electron chi connectivity index (χ3n) is 3.98. The summed E-state index contributed by atoms with van der Waals surface area (Å²) in [7, 11) is 0. The molecule has 0 bridgehead atoms. The van der Waals surface area contributed by atoms with Crippen molar-refractivity contribution < 1.29 is 4.79 Å². The van der Waals surface area contributed by atoms with Crippen LogP contribution in [0, 0.1) is 0 Å². The van der Waals surface area contributed by atoms with E-state index in [0.717, 1.165) is 17.7 Å². The molecule has 0 aromatic carbocycles. The average molecular weight is 305 g/mol. The van der Waals surface area contributed by atoms with Gasteiger partial charge in [-0.2, -0.15) is 0 Å². The van der Waals surface area contributed by atoms with E-state index in [-0.39, 0.29) is 24.1 Å². The molecular weight excluding hydrogens is 286 g/mol. The first-order valence-electron chi connectivity index (χ1n) is 7.46. The Bertz CT molecular complexity index is 684. The van der Waals surface area contributed by atoms with Crippen molar-refractivity contribution in [1.29, 1.82) is 0 Å². The van der Waals surface area contributed by atoms with Gasteiger partial charge in [0.15, 0.2) is 0 Å². The summed E-state index contributed by atoms with van der Waals surface area (Å²) in [6.07, 6.45) is 8.41. The monoisotopic (exact) mass is 305 g/mol. The van der Waals surface area contributed by atoms with E-state index in [2.05, 4.69) is 10.3 Å². The van der Waals surface area contributed by atoms with Gasteiger partial charge in [0.05, 0.1) is 11.7 Å². The van der Waals surface area contributed by atoms with Crippen LogP contribution < -0.4 is 10.9 Å². The Labute approximate surface area is 127 Å². The fourth-order valence-corrected chi connectivity index (χ4v) is 3.58. The number of thiophene rings is 1. The maximum atomic E-state index is 12.2. The van der Waals surface area contributed by atoms with E-state index in [1.807, 2.05) is 5.38 Å². The molecule has 0 unspecified atom stereocenters. The first-order chi connectivity index (χ1) is 10.2. The molecular formula is C15H19N3O2S. The Hall–Kier alpha value is -1.69. The second kappa shape index (κ2) is 6.39. The van der Waals surface area contributed by atoms with Crippen LogP contribution >= 0.6 is 11.3 Å². The second-order valence-corrected chi connectivity index (χ2v) is 6.47. The summed E-state index contributed by atoms with van der Waals surface area (Å²) in [6, 6.07) is 2.02. The summed E-state index contributed by atoms with van der Waals surface area (Å²) in [6.45, 7) is 0.0497. The second-order valence-electron chi connectivity index (χ2n) is 5.57. The lowest BCUT2D eigenvalue weighted by Crippen LogP contribution is -2.38. The zero-order valence-corrected chi connectivity index (χ0v) is 12.7. The summed E-state index contributed by atoms with van der Waals surface area (Å²) >= 11 is 1.43. The van der Waals surface area contributed by atoms with Crippen molar-refractivity contribution in [2.75, 3.05) is 0 Å². The first kappa shape index (κ1) is 14.3. The van der Waals surface area contributed by atoms with E-state index in [4.69, 9.17) is 0 Å². The van der Waals surface area contributed by atoms with Crippen LogP contribution in [0.3, 0.4) is 0 Å². The van der Waals surface area contributed by atoms with Gasteiger partial charge in [-0.1, -0.05) is 25.7 Å². The van der Waals surface area contributed by atoms with E-state index in [1.54, 1.807) is 6.07 Å². The van der Waals surface area contributed by atoms with Crippen molar-refractivity contribution in [2.24, 2.45) is 0 Å². The maximum absolute atomic E-state index is 12.2. The average Bonchev–Trinajstić information content (AvgIpc) is 2.81. The van der Waals surface area contributed by atoms with E-state index in [0.29, 0.717) is 5.39 Å². The smallest absolute Gasteiger partial charge is 0.262 e. The van der Waals surface area contributed by atoms with Crippen molar-refractivity contribution in [3.05, 3.63) is 28.1 Å². The SMILES string of the molecule is O=C(Cn1cnc2sccc2c1=O)NC1CCCCCC1. The van der Waals surface area contributed by atoms with Crippen LogP contribution in [0.2, 0.25) is 0 Å². The Balaban J connectivity index is 1.68. The normalized spacial score (nSPS) is 16.8. The predicted molar refractivity (Wildman–Crippen MR) is 83.5 cm³/mol. The lowest BCUT2D eigenvalue weighted by molar-refractivity contribution is -0.122. The molecule has 0 radical (unpaired) electrons. The van der Waals surface area contributed by atoms with Gasteiger partial charge in [-0.15, -0.1) is 11.3 Å². The molecule has 5 nitrogen and oxygen atoms in total. The van der Waals surface area contributed by atoms with Gasteiger partial charge in [0, 0.05) is 6.04 Å². The number of hydrogen-bond acceptors (Lipinski definition) is 4. The predicted octanol–water partition coefficient (Wildman–Crippen LogP) is 2.30. The fourth-order valence-electron chi connectivity index (χ4n) is 2.86. The van der Waals surface area contributed by atoms with Gasteiger partial charge in [-0.25, -0.2) is 4.98 Å². The minimum atomic E-state index is -0.141. The van der Waals surface area contributed by atoms with Crippen LogP contribution in [0.4, 0.5) is 0 Å². The van der Waals surface area contributed by atoms with Gasteiger partial charge in [0.1, 0.15) is 11.4 Å². The minimum absolute atomic E-state index is 0.0497. The summed E-state index contributed by atoms with van der Waals surface area (Å²) in [5.74, 6) is -0.0969. The summed E-state index contributed by atoms with van der Waals surface area (Å²) in [5, 5.41) is 5.48. The highest BCUT2D eigenvalue weighted by atomic mass is 32.1. The lowest BCUT2D eigenvalue weighted by atomic mass is 10.1. The van der Waals surface area contributed by atoms with Gasteiger partial charge in [0.2, 0.25) is 5.91 Å². The largest absolute Gasteiger partial charge is 0.352 e. The van der Waals surface area contributed by atoms with Gasteiger partial charge >= 0.3 is 0 Å². The van der Waals surface area contributed by atoms with E-state index < -0.39 is 0 Å². The number of fused-ring (bicyclic) bond motifs is 1. The highest BCUT2D eigenvalue weighted by Crippen LogP contribution is 2.17. The van der Waals surface area contributed by atoms with E-state index in [1.165, 1.54) is 47.9 Å². The molecule has 1 fully saturated rings. The molecule has 6 heteroatoms. The van der Waals surface area contributed by atoms with Crippen molar-refractivity contribution in [3.63, 3.8) is 0 Å². The van der Waals surface area contributed by atoms with Gasteiger partial charge in [0.25, 0.3) is 5.56 Å². The molecule has 1 N–H and O–H groups in total. The Morgan fingerprint density at radius 3 is 2.86 bits per heavy atom. The molecule has 3 rings (SSSR count). The molecule has 21 heavy (non-hydrogen) atoms. The van der Waals surface area contributed by atoms with Crippen LogP contribution in [0.25, 0.3) is 10.2 Å². The number of rotatable bonds is 3. The Morgan fingerprint density at radius 2 is 2.10 bits per heavy atom. The molecule has 0 saturated heterocycles. The molecule has 0 spiro atoms. The molecule has 2 aromatic rings. The van der Waals surface area contributed by atoms with Gasteiger partial charge < -0.3 is 5.32 Å². The molecule has 0 atom stereocenters. The number of aromatic nitrogens is 2. The number of nitrogens with zero attached hydrogens (tertiary/aromatic N) is 2. The van der Waals surface area contributed by atoms with Gasteiger partial charge in [-0.05, 0) is 24.3 Å². The molecule has 112 valence electrons. The van der Waals surface area contributed by atoms with Crippen molar-refractivity contribution in [3.8, 4) is 0 Å². The highest BCUT2D eigenvalue weighted by Gasteiger charge is 2.15. The standard InChI is InChI=1S/C15H19N3O2S/c19-13(17-11-5-3-1-2-4-6-11)9-18-10-16-14-12(15(18)20)7-8-21-14/h7-8,10-11H,1-6,9H2,(H,17,19). The zero-order chi connectivity index (χ0) is 14.7. The molecule has 1 amide bonds. The maximum Gasteiger partial charge on any atom is 0.262 e. The van der Waals surface area contributed by atoms with Gasteiger partial charge in [-0.3, -0.25) is 14.2 Å². The number of carbonyl (C=O) groups is 1. The quantitative estimate of drug-likeness (QED) is 0.885.